The Balaban J connectivity index is 2.62. The average Bonchev–Trinajstić information content (AvgIpc) is 2.74. The number of nitrogens with zero attached hydrogens (tertiary/aromatic N) is 3. The third-order valence-corrected chi connectivity index (χ3v) is 2.42. The molecule has 6 nitrogen and oxygen atoms in total. The van der Waals surface area contributed by atoms with Crippen LogP contribution in [0.25, 0.3) is 11.2 Å². The van der Waals surface area contributed by atoms with Crippen LogP contribution in [0.2, 0.25) is 0 Å². The first kappa shape index (κ1) is 11.4. The highest BCUT2D eigenvalue weighted by molar-refractivity contribution is 5.89. The lowest BCUT2D eigenvalue weighted by atomic mass is 10.3. The third kappa shape index (κ3) is 1.82. The van der Waals surface area contributed by atoms with Crippen molar-refractivity contribution in [1.29, 1.82) is 0 Å². The fourth-order valence-electron chi connectivity index (χ4n) is 1.62. The van der Waals surface area contributed by atoms with Gasteiger partial charge in [-0.25, -0.2) is 14.8 Å². The third-order valence-electron chi connectivity index (χ3n) is 2.42. The van der Waals surface area contributed by atoms with Crippen LogP contribution in [0.3, 0.4) is 0 Å². The number of aryl methyl sites for hydroxylation is 1. The number of imidazole rings is 1. The summed E-state index contributed by atoms with van der Waals surface area (Å²) in [6.07, 6.45) is 0.720. The average molecular weight is 235 g/mol. The van der Waals surface area contributed by atoms with Crippen LogP contribution in [-0.4, -0.2) is 34.9 Å². The lowest BCUT2D eigenvalue weighted by Crippen LogP contribution is -2.11. The summed E-state index contributed by atoms with van der Waals surface area (Å²) >= 11 is 0. The van der Waals surface area contributed by atoms with E-state index in [1.807, 2.05) is 6.92 Å². The molecular weight excluding hydrogens is 222 g/mol. The number of carbonyl (C=O) groups is 1. The Bertz CT molecular complexity index is 562. The molecule has 90 valence electrons. The van der Waals surface area contributed by atoms with Crippen LogP contribution in [-0.2, 0) is 11.2 Å². The maximum Gasteiger partial charge on any atom is 0.356 e. The van der Waals surface area contributed by atoms with E-state index in [0.29, 0.717) is 11.2 Å². The van der Waals surface area contributed by atoms with Gasteiger partial charge in [0.1, 0.15) is 18.5 Å². The lowest BCUT2D eigenvalue weighted by molar-refractivity contribution is 0.0594. The summed E-state index contributed by atoms with van der Waals surface area (Å²) in [5, 5.41) is 0. The quantitative estimate of drug-likeness (QED) is 0.737. The second kappa shape index (κ2) is 4.40. The van der Waals surface area contributed by atoms with Crippen molar-refractivity contribution in [2.45, 2.75) is 13.3 Å². The zero-order valence-electron chi connectivity index (χ0n) is 9.93. The van der Waals surface area contributed by atoms with Gasteiger partial charge in [0.25, 0.3) is 0 Å². The van der Waals surface area contributed by atoms with E-state index in [-0.39, 0.29) is 5.69 Å². The first-order valence-corrected chi connectivity index (χ1v) is 5.22. The molecule has 0 saturated heterocycles. The number of rotatable bonds is 3. The van der Waals surface area contributed by atoms with E-state index in [9.17, 15) is 4.79 Å². The van der Waals surface area contributed by atoms with E-state index in [4.69, 9.17) is 4.84 Å². The van der Waals surface area contributed by atoms with Crippen molar-refractivity contribution in [3.8, 4) is 0 Å². The smallest absolute Gasteiger partial charge is 0.356 e. The molecule has 0 spiro atoms. The highest BCUT2D eigenvalue weighted by atomic mass is 16.6. The number of methoxy groups -OCH3 is 1. The minimum atomic E-state index is -0.478. The largest absolute Gasteiger partial charge is 0.464 e. The topological polar surface area (TPSA) is 66.2 Å². The number of esters is 1. The molecule has 2 aromatic heterocycles. The summed E-state index contributed by atoms with van der Waals surface area (Å²) in [6.45, 7) is 1.97. The molecule has 0 radical (unpaired) electrons. The predicted molar refractivity (Wildman–Crippen MR) is 60.7 cm³/mol. The van der Waals surface area contributed by atoms with Crippen molar-refractivity contribution in [3.63, 3.8) is 0 Å². The van der Waals surface area contributed by atoms with Crippen molar-refractivity contribution in [2.75, 3.05) is 14.2 Å². The van der Waals surface area contributed by atoms with E-state index >= 15 is 0 Å². The zero-order chi connectivity index (χ0) is 12.4. The van der Waals surface area contributed by atoms with Crippen molar-refractivity contribution in [2.24, 2.45) is 0 Å². The lowest BCUT2D eigenvalue weighted by Gasteiger charge is -2.04. The van der Waals surface area contributed by atoms with Gasteiger partial charge in [-0.05, 0) is 12.1 Å². The Morgan fingerprint density at radius 2 is 2.12 bits per heavy atom. The van der Waals surface area contributed by atoms with E-state index in [2.05, 4.69) is 14.7 Å². The highest BCUT2D eigenvalue weighted by Crippen LogP contribution is 2.14. The summed E-state index contributed by atoms with van der Waals surface area (Å²) in [5.74, 6) is 0.283. The molecule has 0 atom stereocenters. The molecule has 0 bridgehead atoms. The van der Waals surface area contributed by atoms with Crippen LogP contribution in [0.1, 0.15) is 23.2 Å². The van der Waals surface area contributed by atoms with Crippen molar-refractivity contribution >= 4 is 17.1 Å². The fraction of sp³-hybridized carbons (Fsp3) is 0.364. The van der Waals surface area contributed by atoms with Gasteiger partial charge >= 0.3 is 5.97 Å². The molecule has 2 rings (SSSR count). The molecular formula is C11H13N3O3. The molecule has 0 fully saturated rings. The van der Waals surface area contributed by atoms with E-state index in [1.54, 1.807) is 12.1 Å². The van der Waals surface area contributed by atoms with Gasteiger partial charge < -0.3 is 9.57 Å². The van der Waals surface area contributed by atoms with Crippen LogP contribution in [0, 0.1) is 0 Å². The molecule has 6 heteroatoms. The number of hydrogen-bond acceptors (Lipinski definition) is 5. The molecule has 0 aliphatic heterocycles. The van der Waals surface area contributed by atoms with Crippen LogP contribution in [0.5, 0.6) is 0 Å². The highest BCUT2D eigenvalue weighted by Gasteiger charge is 2.14. The summed E-state index contributed by atoms with van der Waals surface area (Å²) in [7, 11) is 2.85. The van der Waals surface area contributed by atoms with Crippen molar-refractivity contribution < 1.29 is 14.4 Å². The first-order chi connectivity index (χ1) is 8.21. The van der Waals surface area contributed by atoms with Gasteiger partial charge in [0.2, 0.25) is 0 Å². The van der Waals surface area contributed by atoms with Crippen molar-refractivity contribution in [3.05, 3.63) is 23.7 Å². The second-order valence-electron chi connectivity index (χ2n) is 3.39. The fourth-order valence-corrected chi connectivity index (χ4v) is 1.62. The Morgan fingerprint density at radius 3 is 2.71 bits per heavy atom. The van der Waals surface area contributed by atoms with E-state index < -0.39 is 5.97 Å². The molecule has 0 aliphatic rings. The van der Waals surface area contributed by atoms with Gasteiger partial charge in [-0.3, -0.25) is 0 Å². The Morgan fingerprint density at radius 1 is 1.35 bits per heavy atom. The van der Waals surface area contributed by atoms with Crippen LogP contribution in [0.15, 0.2) is 12.1 Å². The number of pyridine rings is 1. The van der Waals surface area contributed by atoms with Gasteiger partial charge in [0, 0.05) is 6.42 Å². The molecule has 2 heterocycles. The molecule has 0 aromatic carbocycles. The van der Waals surface area contributed by atoms with E-state index in [0.717, 1.165) is 12.2 Å². The number of aromatic nitrogens is 3. The Hall–Kier alpha value is -2.11. The molecule has 0 N–H and O–H groups in total. The van der Waals surface area contributed by atoms with Gasteiger partial charge in [-0.1, -0.05) is 6.92 Å². The molecule has 0 aliphatic carbocycles. The van der Waals surface area contributed by atoms with Crippen LogP contribution >= 0.6 is 0 Å². The summed E-state index contributed by atoms with van der Waals surface area (Å²) < 4.78 is 6.14. The maximum absolute atomic E-state index is 11.4. The minimum absolute atomic E-state index is 0.237. The monoisotopic (exact) mass is 235 g/mol. The zero-order valence-corrected chi connectivity index (χ0v) is 9.93. The Kier molecular flexibility index (Phi) is 2.95. The van der Waals surface area contributed by atoms with Crippen LogP contribution in [0.4, 0.5) is 0 Å². The second-order valence-corrected chi connectivity index (χ2v) is 3.39. The van der Waals surface area contributed by atoms with Crippen molar-refractivity contribution in [1.82, 2.24) is 14.7 Å². The standard InChI is InChI=1S/C11H13N3O3/c1-4-9-12-7-5-6-8(11(15)16-2)13-10(7)14(9)17-3/h5-6H,4H2,1-3H3. The summed E-state index contributed by atoms with van der Waals surface area (Å²) in [5.41, 5.74) is 1.45. The van der Waals surface area contributed by atoms with E-state index in [1.165, 1.54) is 19.0 Å². The normalized spacial score (nSPS) is 10.5. The van der Waals surface area contributed by atoms with Gasteiger partial charge in [0.15, 0.2) is 11.3 Å². The van der Waals surface area contributed by atoms with Gasteiger partial charge in [0.05, 0.1) is 7.11 Å². The minimum Gasteiger partial charge on any atom is -0.464 e. The molecule has 2 aromatic rings. The number of hydrogen-bond donors (Lipinski definition) is 0. The maximum atomic E-state index is 11.4. The van der Waals surface area contributed by atoms with Crippen LogP contribution < -0.4 is 4.84 Å². The number of ether oxygens (including phenoxy) is 1. The SMILES string of the molecule is CCc1nc2ccc(C(=O)OC)nc2n1OC. The first-order valence-electron chi connectivity index (χ1n) is 5.22. The molecule has 0 saturated carbocycles. The summed E-state index contributed by atoms with van der Waals surface area (Å²) in [6, 6.07) is 3.31. The molecule has 17 heavy (non-hydrogen) atoms. The molecule has 0 unspecified atom stereocenters. The molecule has 0 amide bonds. The van der Waals surface area contributed by atoms with Gasteiger partial charge in [-0.2, -0.15) is 0 Å². The predicted octanol–water partition coefficient (Wildman–Crippen LogP) is 0.839. The number of carbonyl (C=O) groups excluding carboxylic acids is 1. The Labute approximate surface area is 98.1 Å². The van der Waals surface area contributed by atoms with Gasteiger partial charge in [-0.15, -0.1) is 4.73 Å². The number of fused-ring (bicyclic) bond motifs is 1. The summed E-state index contributed by atoms with van der Waals surface area (Å²) in [4.78, 5) is 25.1.